The van der Waals surface area contributed by atoms with Gasteiger partial charge in [0, 0.05) is 24.8 Å². The van der Waals surface area contributed by atoms with E-state index in [1.165, 1.54) is 25.0 Å². The summed E-state index contributed by atoms with van der Waals surface area (Å²) < 4.78 is 12.8. The molecule has 22 heavy (non-hydrogen) atoms. The van der Waals surface area contributed by atoms with Gasteiger partial charge in [0.05, 0.1) is 6.54 Å². The monoisotopic (exact) mass is 305 g/mol. The molecule has 5 heteroatoms. The standard InChI is InChI=1S/C17H24FN3O/c18-14-3-5-16(6-4-14)20-17(22)12-21-9-7-15(8-10-21)19-11-13-1-2-13/h3-6,13,15,19H,1-2,7-12H2,(H,20,22). The highest BCUT2D eigenvalue weighted by Crippen LogP contribution is 2.28. The maximum Gasteiger partial charge on any atom is 0.238 e. The van der Waals surface area contributed by atoms with Crippen molar-refractivity contribution in [2.45, 2.75) is 31.7 Å². The summed E-state index contributed by atoms with van der Waals surface area (Å²) in [5, 5.41) is 6.45. The van der Waals surface area contributed by atoms with Gasteiger partial charge in [-0.05, 0) is 62.4 Å². The Balaban J connectivity index is 1.36. The van der Waals surface area contributed by atoms with Crippen molar-refractivity contribution in [3.05, 3.63) is 30.1 Å². The summed E-state index contributed by atoms with van der Waals surface area (Å²) in [7, 11) is 0. The van der Waals surface area contributed by atoms with E-state index in [1.54, 1.807) is 12.1 Å². The summed E-state index contributed by atoms with van der Waals surface area (Å²) in [6.07, 6.45) is 4.98. The van der Waals surface area contributed by atoms with Crippen LogP contribution in [-0.2, 0) is 4.79 Å². The minimum atomic E-state index is -0.293. The third-order valence-corrected chi connectivity index (χ3v) is 4.47. The van der Waals surface area contributed by atoms with Crippen LogP contribution in [0.1, 0.15) is 25.7 Å². The highest BCUT2D eigenvalue weighted by Gasteiger charge is 2.24. The molecule has 0 spiro atoms. The lowest BCUT2D eigenvalue weighted by Gasteiger charge is -2.32. The number of rotatable bonds is 6. The molecule has 1 saturated carbocycles. The molecule has 1 heterocycles. The molecule has 1 aromatic rings. The number of nitrogens with zero attached hydrogens (tertiary/aromatic N) is 1. The van der Waals surface area contributed by atoms with Gasteiger partial charge in [0.2, 0.25) is 5.91 Å². The fourth-order valence-electron chi connectivity index (χ4n) is 2.89. The molecule has 0 bridgehead atoms. The lowest BCUT2D eigenvalue weighted by molar-refractivity contribution is -0.117. The summed E-state index contributed by atoms with van der Waals surface area (Å²) in [5.74, 6) is 0.592. The molecule has 0 aromatic heterocycles. The number of hydrogen-bond acceptors (Lipinski definition) is 3. The molecule has 1 amide bonds. The quantitative estimate of drug-likeness (QED) is 0.847. The first-order chi connectivity index (χ1) is 10.7. The number of hydrogen-bond donors (Lipinski definition) is 2. The fraction of sp³-hybridized carbons (Fsp3) is 0.588. The van der Waals surface area contributed by atoms with Crippen LogP contribution in [0.3, 0.4) is 0 Å². The van der Waals surface area contributed by atoms with E-state index < -0.39 is 0 Å². The molecular formula is C17H24FN3O. The van der Waals surface area contributed by atoms with Crippen molar-refractivity contribution in [3.8, 4) is 0 Å². The predicted molar refractivity (Wildman–Crippen MR) is 85.2 cm³/mol. The number of nitrogens with one attached hydrogen (secondary N) is 2. The summed E-state index contributed by atoms with van der Waals surface area (Å²) in [4.78, 5) is 14.2. The largest absolute Gasteiger partial charge is 0.325 e. The number of anilines is 1. The van der Waals surface area contributed by atoms with Crippen LogP contribution in [-0.4, -0.2) is 43.0 Å². The van der Waals surface area contributed by atoms with Gasteiger partial charge in [-0.25, -0.2) is 4.39 Å². The zero-order valence-corrected chi connectivity index (χ0v) is 12.9. The third-order valence-electron chi connectivity index (χ3n) is 4.47. The molecule has 0 unspecified atom stereocenters. The van der Waals surface area contributed by atoms with Crippen LogP contribution in [0.15, 0.2) is 24.3 Å². The second kappa shape index (κ2) is 7.20. The Morgan fingerprint density at radius 3 is 2.45 bits per heavy atom. The van der Waals surface area contributed by atoms with Crippen LogP contribution in [0, 0.1) is 11.7 Å². The van der Waals surface area contributed by atoms with Gasteiger partial charge in [0.25, 0.3) is 0 Å². The average Bonchev–Trinajstić information content (AvgIpc) is 3.33. The van der Waals surface area contributed by atoms with Crippen LogP contribution in [0.4, 0.5) is 10.1 Å². The van der Waals surface area contributed by atoms with Crippen molar-refractivity contribution in [3.63, 3.8) is 0 Å². The minimum absolute atomic E-state index is 0.0315. The molecule has 120 valence electrons. The van der Waals surface area contributed by atoms with Crippen molar-refractivity contribution >= 4 is 11.6 Å². The minimum Gasteiger partial charge on any atom is -0.325 e. The summed E-state index contributed by atoms with van der Waals surface area (Å²) >= 11 is 0. The Kier molecular flexibility index (Phi) is 5.05. The van der Waals surface area contributed by atoms with Crippen molar-refractivity contribution in [1.82, 2.24) is 10.2 Å². The number of piperidine rings is 1. The number of carbonyl (C=O) groups is 1. The normalized spacial score (nSPS) is 20.0. The van der Waals surface area contributed by atoms with Gasteiger partial charge in [-0.3, -0.25) is 9.69 Å². The molecular weight excluding hydrogens is 281 g/mol. The average molecular weight is 305 g/mol. The molecule has 2 fully saturated rings. The zero-order chi connectivity index (χ0) is 15.4. The Bertz CT molecular complexity index is 493. The SMILES string of the molecule is O=C(CN1CCC(NCC2CC2)CC1)Nc1ccc(F)cc1. The van der Waals surface area contributed by atoms with Crippen molar-refractivity contribution in [1.29, 1.82) is 0 Å². The van der Waals surface area contributed by atoms with Crippen LogP contribution in [0.25, 0.3) is 0 Å². The Hall–Kier alpha value is -1.46. The topological polar surface area (TPSA) is 44.4 Å². The van der Waals surface area contributed by atoms with E-state index in [0.29, 0.717) is 18.3 Å². The highest BCUT2D eigenvalue weighted by molar-refractivity contribution is 5.92. The van der Waals surface area contributed by atoms with Crippen LogP contribution >= 0.6 is 0 Å². The smallest absolute Gasteiger partial charge is 0.238 e. The first-order valence-electron chi connectivity index (χ1n) is 8.20. The summed E-state index contributed by atoms with van der Waals surface area (Å²) in [6.45, 7) is 3.49. The van der Waals surface area contributed by atoms with Crippen molar-refractivity contribution in [2.75, 3.05) is 31.5 Å². The van der Waals surface area contributed by atoms with E-state index in [2.05, 4.69) is 15.5 Å². The summed E-state index contributed by atoms with van der Waals surface area (Å²) in [5.41, 5.74) is 0.646. The second-order valence-electron chi connectivity index (χ2n) is 6.46. The zero-order valence-electron chi connectivity index (χ0n) is 12.9. The van der Waals surface area contributed by atoms with Crippen LogP contribution in [0.2, 0.25) is 0 Å². The van der Waals surface area contributed by atoms with Gasteiger partial charge in [-0.1, -0.05) is 0 Å². The third kappa shape index (κ3) is 4.78. The summed E-state index contributed by atoms with van der Waals surface area (Å²) in [6, 6.07) is 6.49. The Labute approximate surface area is 131 Å². The molecule has 1 saturated heterocycles. The molecule has 0 radical (unpaired) electrons. The first kappa shape index (κ1) is 15.4. The molecule has 1 aliphatic heterocycles. The number of halogens is 1. The second-order valence-corrected chi connectivity index (χ2v) is 6.46. The van der Waals surface area contributed by atoms with E-state index in [0.717, 1.165) is 38.4 Å². The van der Waals surface area contributed by atoms with E-state index >= 15 is 0 Å². The predicted octanol–water partition coefficient (Wildman–Crippen LogP) is 2.23. The highest BCUT2D eigenvalue weighted by atomic mass is 19.1. The van der Waals surface area contributed by atoms with Crippen LogP contribution < -0.4 is 10.6 Å². The van der Waals surface area contributed by atoms with E-state index in [-0.39, 0.29) is 11.7 Å². The van der Waals surface area contributed by atoms with Gasteiger partial charge in [0.15, 0.2) is 0 Å². The number of carbonyl (C=O) groups excluding carboxylic acids is 1. The van der Waals surface area contributed by atoms with Crippen LogP contribution in [0.5, 0.6) is 0 Å². The molecule has 1 aromatic carbocycles. The van der Waals surface area contributed by atoms with E-state index in [1.807, 2.05) is 0 Å². The number of likely N-dealkylation sites (tertiary alicyclic amines) is 1. The molecule has 2 aliphatic rings. The lowest BCUT2D eigenvalue weighted by Crippen LogP contribution is -2.45. The van der Waals surface area contributed by atoms with E-state index in [4.69, 9.17) is 0 Å². The van der Waals surface area contributed by atoms with Gasteiger partial charge in [0.1, 0.15) is 5.82 Å². The van der Waals surface area contributed by atoms with Gasteiger partial charge in [-0.2, -0.15) is 0 Å². The van der Waals surface area contributed by atoms with Crippen molar-refractivity contribution < 1.29 is 9.18 Å². The fourth-order valence-corrected chi connectivity index (χ4v) is 2.89. The first-order valence-corrected chi connectivity index (χ1v) is 8.20. The van der Waals surface area contributed by atoms with Gasteiger partial charge in [-0.15, -0.1) is 0 Å². The van der Waals surface area contributed by atoms with Gasteiger partial charge >= 0.3 is 0 Å². The number of amides is 1. The van der Waals surface area contributed by atoms with Crippen molar-refractivity contribution in [2.24, 2.45) is 5.92 Å². The lowest BCUT2D eigenvalue weighted by atomic mass is 10.0. The molecule has 4 nitrogen and oxygen atoms in total. The molecule has 2 N–H and O–H groups in total. The number of benzene rings is 1. The maximum absolute atomic E-state index is 12.8. The van der Waals surface area contributed by atoms with Gasteiger partial charge < -0.3 is 10.6 Å². The van der Waals surface area contributed by atoms with E-state index in [9.17, 15) is 9.18 Å². The Morgan fingerprint density at radius 1 is 1.14 bits per heavy atom. The maximum atomic E-state index is 12.8. The Morgan fingerprint density at radius 2 is 1.82 bits per heavy atom. The molecule has 1 aliphatic carbocycles. The molecule has 3 rings (SSSR count). The molecule has 0 atom stereocenters.